The third-order valence-electron chi connectivity index (χ3n) is 5.89. The molecule has 2 heterocycles. The number of nitrogens with zero attached hydrogens (tertiary/aromatic N) is 2. The van der Waals surface area contributed by atoms with Crippen molar-refractivity contribution in [1.82, 2.24) is 15.3 Å². The molecule has 0 fully saturated rings. The maximum atomic E-state index is 12.6. The number of amides is 1. The maximum Gasteiger partial charge on any atom is 0.223 e. The normalized spacial score (nSPS) is 15.3. The average molecular weight is 494 g/mol. The van der Waals surface area contributed by atoms with E-state index >= 15 is 0 Å². The number of hydrogen-bond acceptors (Lipinski definition) is 7. The zero-order valence-corrected chi connectivity index (χ0v) is 22.2. The number of anilines is 3. The van der Waals surface area contributed by atoms with Gasteiger partial charge in [0, 0.05) is 28.6 Å². The molecule has 2 aromatic heterocycles. The Labute approximate surface area is 211 Å². The Morgan fingerprint density at radius 3 is 2.69 bits per heavy atom. The molecule has 1 unspecified atom stereocenters. The highest BCUT2D eigenvalue weighted by atomic mass is 32.1. The minimum absolute atomic E-state index is 0.00232. The van der Waals surface area contributed by atoms with Crippen molar-refractivity contribution in [3.63, 3.8) is 0 Å². The predicted molar refractivity (Wildman–Crippen MR) is 145 cm³/mol. The second-order valence-electron chi connectivity index (χ2n) is 10.00. The lowest BCUT2D eigenvalue weighted by molar-refractivity contribution is -0.125. The molecule has 3 aromatic rings. The second-order valence-corrected chi connectivity index (χ2v) is 11.1. The van der Waals surface area contributed by atoms with Gasteiger partial charge >= 0.3 is 0 Å². The number of benzene rings is 1. The van der Waals surface area contributed by atoms with E-state index in [1.54, 1.807) is 17.7 Å². The third kappa shape index (κ3) is 5.59. The van der Waals surface area contributed by atoms with Crippen LogP contribution in [0.25, 0.3) is 16.3 Å². The zero-order chi connectivity index (χ0) is 25.3. The molecule has 186 valence electrons. The van der Waals surface area contributed by atoms with Gasteiger partial charge in [-0.2, -0.15) is 0 Å². The van der Waals surface area contributed by atoms with E-state index in [9.17, 15) is 4.79 Å². The molecule has 8 heteroatoms. The van der Waals surface area contributed by atoms with Crippen molar-refractivity contribution in [2.45, 2.75) is 73.0 Å². The molecule has 4 rings (SSSR count). The lowest BCUT2D eigenvalue weighted by atomic mass is 9.87. The molecule has 0 bridgehead atoms. The minimum atomic E-state index is -0.00268. The van der Waals surface area contributed by atoms with Crippen LogP contribution in [-0.4, -0.2) is 28.0 Å². The van der Waals surface area contributed by atoms with Crippen LogP contribution in [-0.2, 0) is 17.6 Å². The van der Waals surface area contributed by atoms with Crippen molar-refractivity contribution in [2.75, 3.05) is 11.1 Å². The van der Waals surface area contributed by atoms with Gasteiger partial charge in [-0.3, -0.25) is 4.79 Å². The highest BCUT2D eigenvalue weighted by molar-refractivity contribution is 7.19. The molecule has 1 atom stereocenters. The van der Waals surface area contributed by atoms with Crippen LogP contribution in [0.2, 0.25) is 0 Å². The van der Waals surface area contributed by atoms with Gasteiger partial charge in [-0.25, -0.2) is 9.97 Å². The van der Waals surface area contributed by atoms with Crippen LogP contribution in [0, 0.1) is 5.92 Å². The van der Waals surface area contributed by atoms with Crippen LogP contribution >= 0.6 is 11.3 Å². The number of nitrogens with one attached hydrogen (secondary N) is 2. The Hall–Kier alpha value is -3.13. The van der Waals surface area contributed by atoms with E-state index in [4.69, 9.17) is 10.5 Å². The molecule has 0 spiro atoms. The van der Waals surface area contributed by atoms with Gasteiger partial charge in [0.05, 0.1) is 17.2 Å². The van der Waals surface area contributed by atoms with E-state index in [0.717, 1.165) is 52.1 Å². The van der Waals surface area contributed by atoms with Crippen LogP contribution in [0.1, 0.15) is 64.0 Å². The van der Waals surface area contributed by atoms with Crippen LogP contribution in [0.5, 0.6) is 5.75 Å². The summed E-state index contributed by atoms with van der Waals surface area (Å²) < 4.78 is 6.09. The smallest absolute Gasteiger partial charge is 0.223 e. The number of carbonyl (C=O) groups is 1. The Kier molecular flexibility index (Phi) is 7.31. The van der Waals surface area contributed by atoms with Gasteiger partial charge in [0.2, 0.25) is 5.91 Å². The topological polar surface area (TPSA) is 102 Å². The summed E-state index contributed by atoms with van der Waals surface area (Å²) >= 11 is 1.66. The molecule has 1 aromatic carbocycles. The van der Waals surface area contributed by atoms with Crippen LogP contribution in [0.3, 0.4) is 0 Å². The standard InChI is InChI=1S/C27H35N5O2S/c1-14(2)9-18-10-21(22(12-20(18)28)34-16(5)6)32-25-24-19-8-7-17(26(33)31-15(3)4)11-23(19)35-27(24)30-13-29-25/h9-10,12-13,15-17H,7-8,11,28H2,1-6H3,(H,31,33)(H,29,30,32). The van der Waals surface area contributed by atoms with Crippen molar-refractivity contribution in [1.29, 1.82) is 0 Å². The number of rotatable bonds is 7. The van der Waals surface area contributed by atoms with Crippen molar-refractivity contribution in [2.24, 2.45) is 5.92 Å². The Bertz CT molecular complexity index is 1270. The van der Waals surface area contributed by atoms with Gasteiger partial charge in [-0.05, 0) is 78.0 Å². The molecular weight excluding hydrogens is 458 g/mol. The SMILES string of the molecule is CC(C)=Cc1cc(Nc2ncnc3sc4c(c23)CCC(C(=O)NC(C)C)C4)c(OC(C)C)cc1N. The average Bonchev–Trinajstić information content (AvgIpc) is 3.14. The first-order valence-corrected chi connectivity index (χ1v) is 13.0. The van der Waals surface area contributed by atoms with Gasteiger partial charge in [-0.1, -0.05) is 11.6 Å². The first kappa shape index (κ1) is 25.0. The molecule has 0 radical (unpaired) electrons. The summed E-state index contributed by atoms with van der Waals surface area (Å²) in [5.41, 5.74) is 11.1. The van der Waals surface area contributed by atoms with Crippen molar-refractivity contribution in [3.05, 3.63) is 40.0 Å². The summed E-state index contributed by atoms with van der Waals surface area (Å²) in [5, 5.41) is 7.62. The quantitative estimate of drug-likeness (QED) is 0.357. The number of nitrogen functional groups attached to an aromatic ring is 1. The summed E-state index contributed by atoms with van der Waals surface area (Å²) in [6.07, 6.45) is 6.03. The Balaban J connectivity index is 1.73. The van der Waals surface area contributed by atoms with E-state index in [1.807, 2.05) is 53.7 Å². The number of allylic oxidation sites excluding steroid dienone is 1. The molecule has 35 heavy (non-hydrogen) atoms. The number of aromatic nitrogens is 2. The Morgan fingerprint density at radius 1 is 1.23 bits per heavy atom. The fourth-order valence-corrected chi connectivity index (χ4v) is 5.72. The highest BCUT2D eigenvalue weighted by Crippen LogP contribution is 2.42. The van der Waals surface area contributed by atoms with Crippen LogP contribution in [0.4, 0.5) is 17.2 Å². The zero-order valence-electron chi connectivity index (χ0n) is 21.4. The van der Waals surface area contributed by atoms with Crippen LogP contribution in [0.15, 0.2) is 24.0 Å². The fourth-order valence-electron chi connectivity index (χ4n) is 4.46. The minimum Gasteiger partial charge on any atom is -0.489 e. The number of aryl methyl sites for hydroxylation is 1. The number of carbonyl (C=O) groups excluding carboxylic acids is 1. The third-order valence-corrected chi connectivity index (χ3v) is 7.05. The summed E-state index contributed by atoms with van der Waals surface area (Å²) in [5.74, 6) is 1.57. The largest absolute Gasteiger partial charge is 0.489 e. The molecule has 0 aliphatic heterocycles. The van der Waals surface area contributed by atoms with Crippen molar-refractivity contribution in [3.8, 4) is 5.75 Å². The number of thiophene rings is 1. The lowest BCUT2D eigenvalue weighted by Gasteiger charge is -2.23. The first-order valence-electron chi connectivity index (χ1n) is 12.2. The van der Waals surface area contributed by atoms with Gasteiger partial charge in [-0.15, -0.1) is 11.3 Å². The number of hydrogen-bond donors (Lipinski definition) is 3. The fraction of sp³-hybridized carbons (Fsp3) is 0.444. The monoisotopic (exact) mass is 493 g/mol. The molecule has 1 amide bonds. The molecule has 0 saturated carbocycles. The molecule has 7 nitrogen and oxygen atoms in total. The van der Waals surface area contributed by atoms with Gasteiger partial charge in [0.15, 0.2) is 0 Å². The number of fused-ring (bicyclic) bond motifs is 3. The molecule has 0 saturated heterocycles. The maximum absolute atomic E-state index is 12.6. The van der Waals surface area contributed by atoms with Gasteiger partial charge in [0.25, 0.3) is 0 Å². The van der Waals surface area contributed by atoms with Gasteiger partial charge < -0.3 is 21.1 Å². The number of ether oxygens (including phenoxy) is 1. The van der Waals surface area contributed by atoms with E-state index in [1.165, 1.54) is 10.4 Å². The van der Waals surface area contributed by atoms with Crippen LogP contribution < -0.4 is 21.1 Å². The number of nitrogens with two attached hydrogens (primary N) is 1. The molecular formula is C27H35N5O2S. The Morgan fingerprint density at radius 2 is 2.00 bits per heavy atom. The van der Waals surface area contributed by atoms with Gasteiger partial charge in [0.1, 0.15) is 22.7 Å². The summed E-state index contributed by atoms with van der Waals surface area (Å²) in [6.45, 7) is 12.1. The molecule has 1 aliphatic rings. The second kappa shape index (κ2) is 10.2. The van der Waals surface area contributed by atoms with E-state index in [-0.39, 0.29) is 24.0 Å². The highest BCUT2D eigenvalue weighted by Gasteiger charge is 2.29. The van der Waals surface area contributed by atoms with E-state index in [0.29, 0.717) is 11.4 Å². The van der Waals surface area contributed by atoms with Crippen molar-refractivity contribution >= 4 is 50.7 Å². The van der Waals surface area contributed by atoms with E-state index in [2.05, 4.69) is 26.7 Å². The molecule has 1 aliphatic carbocycles. The summed E-state index contributed by atoms with van der Waals surface area (Å²) in [4.78, 5) is 24.0. The molecule has 4 N–H and O–H groups in total. The summed E-state index contributed by atoms with van der Waals surface area (Å²) in [7, 11) is 0. The van der Waals surface area contributed by atoms with Crippen molar-refractivity contribution < 1.29 is 9.53 Å². The summed E-state index contributed by atoms with van der Waals surface area (Å²) in [6, 6.07) is 4.03. The predicted octanol–water partition coefficient (Wildman–Crippen LogP) is 5.86. The lowest BCUT2D eigenvalue weighted by Crippen LogP contribution is -2.37. The first-order chi connectivity index (χ1) is 16.6. The van der Waals surface area contributed by atoms with E-state index < -0.39 is 0 Å².